The molecule has 0 aliphatic rings. The summed E-state index contributed by atoms with van der Waals surface area (Å²) in [7, 11) is 0. The Bertz CT molecular complexity index is 407. The van der Waals surface area contributed by atoms with Gasteiger partial charge in [-0.05, 0) is 12.1 Å². The Kier molecular flexibility index (Phi) is 4.49. The number of rotatable bonds is 4. The standard InChI is InChI=1S/C12H15N3O/c1-9(2)14-8-12(16)15-11-6-4-3-5-10(11)7-13/h3-6,9,14H,8H2,1-2H3,(H,15,16). The average molecular weight is 217 g/mol. The molecule has 1 amide bonds. The minimum absolute atomic E-state index is 0.142. The molecule has 0 unspecified atom stereocenters. The molecule has 0 spiro atoms. The van der Waals surface area contributed by atoms with E-state index >= 15 is 0 Å². The largest absolute Gasteiger partial charge is 0.324 e. The number of amides is 1. The molecule has 2 N–H and O–H groups in total. The van der Waals surface area contributed by atoms with Crippen LogP contribution in [0, 0.1) is 11.3 Å². The molecule has 0 saturated carbocycles. The van der Waals surface area contributed by atoms with E-state index in [1.807, 2.05) is 19.9 Å². The van der Waals surface area contributed by atoms with Crippen LogP contribution >= 0.6 is 0 Å². The summed E-state index contributed by atoms with van der Waals surface area (Å²) >= 11 is 0. The predicted molar refractivity (Wildman–Crippen MR) is 62.9 cm³/mol. The van der Waals surface area contributed by atoms with Crippen molar-refractivity contribution >= 4 is 11.6 Å². The SMILES string of the molecule is CC(C)NCC(=O)Nc1ccccc1C#N. The molecule has 4 heteroatoms. The van der Waals surface area contributed by atoms with Gasteiger partial charge in [-0.25, -0.2) is 0 Å². The molecule has 0 atom stereocenters. The second-order valence-electron chi connectivity index (χ2n) is 3.74. The molecule has 0 aromatic heterocycles. The monoisotopic (exact) mass is 217 g/mol. The highest BCUT2D eigenvalue weighted by Gasteiger charge is 2.05. The zero-order chi connectivity index (χ0) is 12.0. The van der Waals surface area contributed by atoms with Crippen LogP contribution < -0.4 is 10.6 Å². The topological polar surface area (TPSA) is 64.9 Å². The van der Waals surface area contributed by atoms with Gasteiger partial charge in [0.1, 0.15) is 6.07 Å². The molecule has 1 rings (SSSR count). The molecule has 84 valence electrons. The number of hydrogen-bond acceptors (Lipinski definition) is 3. The van der Waals surface area contributed by atoms with E-state index in [9.17, 15) is 4.79 Å². The van der Waals surface area contributed by atoms with Crippen LogP contribution in [0.4, 0.5) is 5.69 Å². The molecular weight excluding hydrogens is 202 g/mol. The van der Waals surface area contributed by atoms with Gasteiger partial charge in [0.2, 0.25) is 5.91 Å². The van der Waals surface area contributed by atoms with Crippen molar-refractivity contribution in [1.82, 2.24) is 5.32 Å². The van der Waals surface area contributed by atoms with E-state index in [0.29, 0.717) is 11.3 Å². The van der Waals surface area contributed by atoms with Gasteiger partial charge in [0, 0.05) is 6.04 Å². The number of hydrogen-bond donors (Lipinski definition) is 2. The quantitative estimate of drug-likeness (QED) is 0.803. The van der Waals surface area contributed by atoms with Crippen LogP contribution in [0.15, 0.2) is 24.3 Å². The Labute approximate surface area is 95.3 Å². The van der Waals surface area contributed by atoms with E-state index in [1.165, 1.54) is 0 Å². The maximum Gasteiger partial charge on any atom is 0.238 e. The number of benzene rings is 1. The Balaban J connectivity index is 2.60. The minimum atomic E-state index is -0.142. The van der Waals surface area contributed by atoms with Crippen molar-refractivity contribution < 1.29 is 4.79 Å². The number of nitriles is 1. The van der Waals surface area contributed by atoms with Crippen molar-refractivity contribution in [2.45, 2.75) is 19.9 Å². The number of carbonyl (C=O) groups is 1. The summed E-state index contributed by atoms with van der Waals surface area (Å²) in [6.07, 6.45) is 0. The third kappa shape index (κ3) is 3.71. The summed E-state index contributed by atoms with van der Waals surface area (Å²) in [6, 6.07) is 9.23. The first-order valence-corrected chi connectivity index (χ1v) is 5.16. The van der Waals surface area contributed by atoms with Crippen LogP contribution in [0.25, 0.3) is 0 Å². The van der Waals surface area contributed by atoms with Crippen LogP contribution in [0.1, 0.15) is 19.4 Å². The second kappa shape index (κ2) is 5.89. The van der Waals surface area contributed by atoms with Gasteiger partial charge in [0.15, 0.2) is 0 Å². The summed E-state index contributed by atoms with van der Waals surface area (Å²) in [5, 5.41) is 14.5. The summed E-state index contributed by atoms with van der Waals surface area (Å²) in [4.78, 5) is 11.5. The molecule has 0 fully saturated rings. The summed E-state index contributed by atoms with van der Waals surface area (Å²) in [5.41, 5.74) is 1.03. The minimum Gasteiger partial charge on any atom is -0.324 e. The summed E-state index contributed by atoms with van der Waals surface area (Å²) < 4.78 is 0. The molecule has 0 radical (unpaired) electrons. The fourth-order valence-corrected chi connectivity index (χ4v) is 1.18. The summed E-state index contributed by atoms with van der Waals surface area (Å²) in [5.74, 6) is -0.142. The maximum atomic E-state index is 11.5. The van der Waals surface area contributed by atoms with Crippen molar-refractivity contribution in [2.75, 3.05) is 11.9 Å². The molecule has 4 nitrogen and oxygen atoms in total. The van der Waals surface area contributed by atoms with E-state index in [1.54, 1.807) is 24.3 Å². The Morgan fingerprint density at radius 1 is 1.44 bits per heavy atom. The lowest BCUT2D eigenvalue weighted by atomic mass is 10.2. The van der Waals surface area contributed by atoms with Crippen molar-refractivity contribution in [1.29, 1.82) is 5.26 Å². The third-order valence-corrected chi connectivity index (χ3v) is 1.99. The number of anilines is 1. The number of carbonyl (C=O) groups excluding carboxylic acids is 1. The molecule has 0 saturated heterocycles. The fraction of sp³-hybridized carbons (Fsp3) is 0.333. The van der Waals surface area contributed by atoms with Crippen molar-refractivity contribution in [3.05, 3.63) is 29.8 Å². The second-order valence-corrected chi connectivity index (χ2v) is 3.74. The predicted octanol–water partition coefficient (Wildman–Crippen LogP) is 1.49. The van der Waals surface area contributed by atoms with E-state index in [0.717, 1.165) is 0 Å². The fourth-order valence-electron chi connectivity index (χ4n) is 1.18. The summed E-state index contributed by atoms with van der Waals surface area (Å²) in [6.45, 7) is 4.18. The highest BCUT2D eigenvalue weighted by Crippen LogP contribution is 2.12. The van der Waals surface area contributed by atoms with Crippen molar-refractivity contribution in [3.8, 4) is 6.07 Å². The zero-order valence-corrected chi connectivity index (χ0v) is 9.45. The number of para-hydroxylation sites is 1. The lowest BCUT2D eigenvalue weighted by molar-refractivity contribution is -0.115. The van der Waals surface area contributed by atoms with E-state index < -0.39 is 0 Å². The van der Waals surface area contributed by atoms with E-state index in [2.05, 4.69) is 10.6 Å². The normalized spacial score (nSPS) is 9.88. The van der Waals surface area contributed by atoms with E-state index in [4.69, 9.17) is 5.26 Å². The molecule has 0 aliphatic carbocycles. The van der Waals surface area contributed by atoms with Crippen molar-refractivity contribution in [3.63, 3.8) is 0 Å². The Morgan fingerprint density at radius 3 is 2.75 bits per heavy atom. The molecular formula is C12H15N3O. The third-order valence-electron chi connectivity index (χ3n) is 1.99. The first kappa shape index (κ1) is 12.2. The molecule has 1 aromatic rings. The van der Waals surface area contributed by atoms with Gasteiger partial charge in [0.05, 0.1) is 17.8 Å². The molecule has 0 aliphatic heterocycles. The molecule has 16 heavy (non-hydrogen) atoms. The lowest BCUT2D eigenvalue weighted by Gasteiger charge is -2.09. The smallest absolute Gasteiger partial charge is 0.238 e. The van der Waals surface area contributed by atoms with Crippen LogP contribution in [0.2, 0.25) is 0 Å². The van der Waals surface area contributed by atoms with Gasteiger partial charge in [-0.15, -0.1) is 0 Å². The number of nitrogens with one attached hydrogen (secondary N) is 2. The molecule has 1 aromatic carbocycles. The maximum absolute atomic E-state index is 11.5. The first-order valence-electron chi connectivity index (χ1n) is 5.16. The molecule has 0 heterocycles. The zero-order valence-electron chi connectivity index (χ0n) is 9.45. The van der Waals surface area contributed by atoms with Crippen LogP contribution in [0.3, 0.4) is 0 Å². The van der Waals surface area contributed by atoms with Gasteiger partial charge >= 0.3 is 0 Å². The van der Waals surface area contributed by atoms with Crippen LogP contribution in [-0.4, -0.2) is 18.5 Å². The van der Waals surface area contributed by atoms with Crippen molar-refractivity contribution in [2.24, 2.45) is 0 Å². The van der Waals surface area contributed by atoms with Gasteiger partial charge in [-0.3, -0.25) is 4.79 Å². The number of nitrogens with zero attached hydrogens (tertiary/aromatic N) is 1. The van der Waals surface area contributed by atoms with Gasteiger partial charge in [-0.2, -0.15) is 5.26 Å². The molecule has 0 bridgehead atoms. The van der Waals surface area contributed by atoms with Crippen LogP contribution in [0.5, 0.6) is 0 Å². The highest BCUT2D eigenvalue weighted by molar-refractivity contribution is 5.93. The highest BCUT2D eigenvalue weighted by atomic mass is 16.1. The van der Waals surface area contributed by atoms with Gasteiger partial charge in [-0.1, -0.05) is 26.0 Å². The van der Waals surface area contributed by atoms with Crippen LogP contribution in [-0.2, 0) is 4.79 Å². The van der Waals surface area contributed by atoms with E-state index in [-0.39, 0.29) is 18.5 Å². The van der Waals surface area contributed by atoms with Gasteiger partial charge < -0.3 is 10.6 Å². The Hall–Kier alpha value is -1.86. The lowest BCUT2D eigenvalue weighted by Crippen LogP contribution is -2.32. The Morgan fingerprint density at radius 2 is 2.12 bits per heavy atom. The van der Waals surface area contributed by atoms with Gasteiger partial charge in [0.25, 0.3) is 0 Å². The first-order chi connectivity index (χ1) is 7.63. The average Bonchev–Trinajstić information content (AvgIpc) is 2.27.